The number of aliphatic imine (C=N–C) groups is 1. The van der Waals surface area contributed by atoms with Gasteiger partial charge in [-0.3, -0.25) is 9.79 Å². The number of amidine groups is 1. The van der Waals surface area contributed by atoms with E-state index in [1.165, 1.54) is 0 Å². The summed E-state index contributed by atoms with van der Waals surface area (Å²) in [7, 11) is 3.32. The van der Waals surface area contributed by atoms with Crippen LogP contribution in [-0.4, -0.2) is 42.5 Å². The number of rotatable bonds is 2. The van der Waals surface area contributed by atoms with Gasteiger partial charge in [0.1, 0.15) is 6.54 Å². The molecule has 0 spiro atoms. The van der Waals surface area contributed by atoms with Crippen LogP contribution in [0.2, 0.25) is 0 Å². The molecule has 0 fully saturated rings. The van der Waals surface area contributed by atoms with Crippen LogP contribution in [-0.2, 0) is 4.79 Å². The Morgan fingerprint density at radius 2 is 2.20 bits per heavy atom. The normalized spacial score (nSPS) is 11.3. The first-order chi connectivity index (χ1) is 4.57. The van der Waals surface area contributed by atoms with Gasteiger partial charge in [-0.05, 0) is 6.92 Å². The Kier molecular flexibility index (Phi) is 3.46. The Morgan fingerprint density at radius 1 is 1.70 bits per heavy atom. The average molecular weight is 144 g/mol. The molecule has 0 aliphatic rings. The first kappa shape index (κ1) is 8.94. The second-order valence-electron chi connectivity index (χ2n) is 2.02. The maximum absolute atomic E-state index is 10.1. The molecule has 58 valence electrons. The van der Waals surface area contributed by atoms with Gasteiger partial charge >= 0.3 is 5.97 Å². The number of aliphatic carboxylic acids is 1. The van der Waals surface area contributed by atoms with Crippen molar-refractivity contribution in [3.8, 4) is 0 Å². The Labute approximate surface area is 60.2 Å². The Balaban J connectivity index is 3.85. The number of hydrogen-bond donors (Lipinski definition) is 1. The summed E-state index contributed by atoms with van der Waals surface area (Å²) < 4.78 is 0. The van der Waals surface area contributed by atoms with Crippen molar-refractivity contribution in [2.45, 2.75) is 6.92 Å². The van der Waals surface area contributed by atoms with E-state index >= 15 is 0 Å². The first-order valence-electron chi connectivity index (χ1n) is 2.94. The van der Waals surface area contributed by atoms with Crippen molar-refractivity contribution >= 4 is 11.8 Å². The molecule has 0 bridgehead atoms. The summed E-state index contributed by atoms with van der Waals surface area (Å²) in [6.07, 6.45) is 0. The number of hydrogen-bond acceptors (Lipinski definition) is 2. The highest BCUT2D eigenvalue weighted by Crippen LogP contribution is 1.84. The molecule has 0 saturated heterocycles. The Morgan fingerprint density at radius 3 is 2.50 bits per heavy atom. The molecule has 0 unspecified atom stereocenters. The highest BCUT2D eigenvalue weighted by molar-refractivity contribution is 5.83. The summed E-state index contributed by atoms with van der Waals surface area (Å²) in [6, 6.07) is 0. The molecule has 4 heteroatoms. The molecule has 0 rings (SSSR count). The van der Waals surface area contributed by atoms with Crippen LogP contribution in [0.1, 0.15) is 6.92 Å². The lowest BCUT2D eigenvalue weighted by Gasteiger charge is -2.14. The molecule has 0 aliphatic carbocycles. The zero-order valence-electron chi connectivity index (χ0n) is 6.46. The van der Waals surface area contributed by atoms with E-state index in [4.69, 9.17) is 5.11 Å². The van der Waals surface area contributed by atoms with Crippen LogP contribution in [0.5, 0.6) is 0 Å². The molecule has 0 amide bonds. The third-order valence-electron chi connectivity index (χ3n) is 1.25. The standard InChI is InChI=1S/C6H12N2O2/c1-5(7-2)8(3)4-6(9)10/h4H2,1-3H3,(H,9,10). The smallest absolute Gasteiger partial charge is 0.323 e. The summed E-state index contributed by atoms with van der Waals surface area (Å²) in [4.78, 5) is 15.5. The quantitative estimate of drug-likeness (QED) is 0.440. The fraction of sp³-hybridized carbons (Fsp3) is 0.667. The van der Waals surface area contributed by atoms with Crippen molar-refractivity contribution < 1.29 is 9.90 Å². The first-order valence-corrected chi connectivity index (χ1v) is 2.94. The van der Waals surface area contributed by atoms with Crippen LogP contribution in [0.25, 0.3) is 0 Å². The molecule has 0 atom stereocenters. The molecule has 4 nitrogen and oxygen atoms in total. The highest BCUT2D eigenvalue weighted by Gasteiger charge is 2.03. The predicted molar refractivity (Wildman–Crippen MR) is 39.3 cm³/mol. The lowest BCUT2D eigenvalue weighted by Crippen LogP contribution is -2.29. The molecule has 0 aromatic carbocycles. The molecule has 0 radical (unpaired) electrons. The molecule has 0 aliphatic heterocycles. The molecular formula is C6H12N2O2. The minimum atomic E-state index is -0.842. The van der Waals surface area contributed by atoms with Crippen molar-refractivity contribution in [2.75, 3.05) is 20.6 Å². The lowest BCUT2D eigenvalue weighted by atomic mass is 10.5. The van der Waals surface area contributed by atoms with E-state index < -0.39 is 5.97 Å². The fourth-order valence-electron chi connectivity index (χ4n) is 0.488. The second kappa shape index (κ2) is 3.87. The van der Waals surface area contributed by atoms with Crippen molar-refractivity contribution in [1.82, 2.24) is 4.90 Å². The number of likely N-dealkylation sites (N-methyl/N-ethyl adjacent to an activating group) is 1. The molecule has 0 aromatic rings. The monoisotopic (exact) mass is 144 g/mol. The van der Waals surface area contributed by atoms with Crippen molar-refractivity contribution in [2.24, 2.45) is 4.99 Å². The van der Waals surface area contributed by atoms with Crippen LogP contribution in [0.3, 0.4) is 0 Å². The maximum atomic E-state index is 10.1. The Bertz CT molecular complexity index is 154. The van der Waals surface area contributed by atoms with Gasteiger partial charge in [-0.15, -0.1) is 0 Å². The average Bonchev–Trinajstić information content (AvgIpc) is 1.85. The number of nitrogens with zero attached hydrogens (tertiary/aromatic N) is 2. The van der Waals surface area contributed by atoms with Crippen LogP contribution < -0.4 is 0 Å². The molecule has 0 saturated carbocycles. The van der Waals surface area contributed by atoms with Crippen LogP contribution in [0, 0.1) is 0 Å². The molecular weight excluding hydrogens is 132 g/mol. The van der Waals surface area contributed by atoms with Crippen molar-refractivity contribution in [3.05, 3.63) is 0 Å². The summed E-state index contributed by atoms with van der Waals surface area (Å²) in [5, 5.41) is 8.33. The SMILES string of the molecule is CN=C(C)N(C)CC(=O)O. The summed E-state index contributed by atoms with van der Waals surface area (Å²) in [5.41, 5.74) is 0. The largest absolute Gasteiger partial charge is 0.480 e. The number of carboxylic acid groups (broad SMARTS) is 1. The van der Waals surface area contributed by atoms with Crippen LogP contribution in [0.4, 0.5) is 0 Å². The minimum absolute atomic E-state index is 0.00315. The minimum Gasteiger partial charge on any atom is -0.480 e. The zero-order chi connectivity index (χ0) is 8.15. The van der Waals surface area contributed by atoms with E-state index in [1.54, 1.807) is 25.9 Å². The van der Waals surface area contributed by atoms with Gasteiger partial charge < -0.3 is 10.0 Å². The van der Waals surface area contributed by atoms with Gasteiger partial charge in [0.15, 0.2) is 0 Å². The van der Waals surface area contributed by atoms with Gasteiger partial charge in [0.2, 0.25) is 0 Å². The molecule has 1 N–H and O–H groups in total. The van der Waals surface area contributed by atoms with E-state index in [1.807, 2.05) is 0 Å². The fourth-order valence-corrected chi connectivity index (χ4v) is 0.488. The third-order valence-corrected chi connectivity index (χ3v) is 1.25. The van der Waals surface area contributed by atoms with Gasteiger partial charge in [-0.2, -0.15) is 0 Å². The van der Waals surface area contributed by atoms with Crippen LogP contribution in [0.15, 0.2) is 4.99 Å². The van der Waals surface area contributed by atoms with Crippen LogP contribution >= 0.6 is 0 Å². The predicted octanol–water partition coefficient (Wildman–Crippen LogP) is 0.0510. The van der Waals surface area contributed by atoms with Gasteiger partial charge in [-0.25, -0.2) is 0 Å². The van der Waals surface area contributed by atoms with E-state index in [-0.39, 0.29) is 6.54 Å². The molecule has 0 aromatic heterocycles. The van der Waals surface area contributed by atoms with Gasteiger partial charge in [0.05, 0.1) is 5.84 Å². The maximum Gasteiger partial charge on any atom is 0.323 e. The second-order valence-corrected chi connectivity index (χ2v) is 2.02. The third kappa shape index (κ3) is 3.06. The summed E-state index contributed by atoms with van der Waals surface area (Å²) in [5.74, 6) is -0.118. The lowest BCUT2D eigenvalue weighted by molar-refractivity contribution is -0.137. The van der Waals surface area contributed by atoms with Gasteiger partial charge in [0, 0.05) is 14.1 Å². The van der Waals surface area contributed by atoms with E-state index in [2.05, 4.69) is 4.99 Å². The Hall–Kier alpha value is -1.06. The number of carbonyl (C=O) groups is 1. The highest BCUT2D eigenvalue weighted by atomic mass is 16.4. The number of carboxylic acids is 1. The van der Waals surface area contributed by atoms with Gasteiger partial charge in [-0.1, -0.05) is 0 Å². The van der Waals surface area contributed by atoms with E-state index in [0.717, 1.165) is 5.84 Å². The summed E-state index contributed by atoms with van der Waals surface area (Å²) >= 11 is 0. The summed E-state index contributed by atoms with van der Waals surface area (Å²) in [6.45, 7) is 1.77. The van der Waals surface area contributed by atoms with Crippen molar-refractivity contribution in [3.63, 3.8) is 0 Å². The van der Waals surface area contributed by atoms with Gasteiger partial charge in [0.25, 0.3) is 0 Å². The van der Waals surface area contributed by atoms with E-state index in [0.29, 0.717) is 0 Å². The van der Waals surface area contributed by atoms with E-state index in [9.17, 15) is 4.79 Å². The van der Waals surface area contributed by atoms with Crippen molar-refractivity contribution in [1.29, 1.82) is 0 Å². The zero-order valence-corrected chi connectivity index (χ0v) is 6.46. The molecule has 10 heavy (non-hydrogen) atoms. The molecule has 0 heterocycles. The topological polar surface area (TPSA) is 52.9 Å².